The molecule has 1 aromatic carbocycles. The molecule has 2 amide bonds. The van der Waals surface area contributed by atoms with Gasteiger partial charge in [-0.15, -0.1) is 0 Å². The molecule has 1 heterocycles. The van der Waals surface area contributed by atoms with Gasteiger partial charge >= 0.3 is 0 Å². The van der Waals surface area contributed by atoms with E-state index in [1.54, 1.807) is 4.90 Å². The predicted molar refractivity (Wildman–Crippen MR) is 100 cm³/mol. The van der Waals surface area contributed by atoms with Gasteiger partial charge < -0.3 is 15.0 Å². The molecule has 1 N–H and O–H groups in total. The summed E-state index contributed by atoms with van der Waals surface area (Å²) < 4.78 is 5.63. The van der Waals surface area contributed by atoms with Crippen molar-refractivity contribution in [2.75, 3.05) is 24.6 Å². The molecule has 0 spiro atoms. The molecule has 3 unspecified atom stereocenters. The summed E-state index contributed by atoms with van der Waals surface area (Å²) in [5, 5.41) is 2.99. The van der Waals surface area contributed by atoms with Gasteiger partial charge in [-0.05, 0) is 62.0 Å². The number of hydrogen-bond donors (Lipinski definition) is 1. The minimum atomic E-state index is -0.0733. The molecule has 1 aromatic rings. The van der Waals surface area contributed by atoms with Crippen molar-refractivity contribution in [3.63, 3.8) is 0 Å². The normalized spacial score (nSPS) is 27.2. The molecule has 4 rings (SSSR count). The van der Waals surface area contributed by atoms with Crippen molar-refractivity contribution in [2.45, 2.75) is 44.9 Å². The van der Waals surface area contributed by atoms with E-state index in [0.29, 0.717) is 12.2 Å². The zero-order chi connectivity index (χ0) is 17.9. The van der Waals surface area contributed by atoms with Crippen molar-refractivity contribution in [3.05, 3.63) is 24.3 Å². The number of anilines is 1. The molecule has 3 aliphatic rings. The van der Waals surface area contributed by atoms with Gasteiger partial charge in [0.1, 0.15) is 5.75 Å². The first-order valence-electron chi connectivity index (χ1n) is 9.99. The van der Waals surface area contributed by atoms with Crippen LogP contribution >= 0.6 is 0 Å². The van der Waals surface area contributed by atoms with Gasteiger partial charge in [0, 0.05) is 31.3 Å². The monoisotopic (exact) mass is 356 g/mol. The number of nitrogens with one attached hydrogen (secondary N) is 1. The quantitative estimate of drug-likeness (QED) is 0.816. The van der Waals surface area contributed by atoms with E-state index in [9.17, 15) is 9.59 Å². The Morgan fingerprint density at radius 2 is 2.19 bits per heavy atom. The van der Waals surface area contributed by atoms with E-state index >= 15 is 0 Å². The summed E-state index contributed by atoms with van der Waals surface area (Å²) in [5.74, 6) is 3.38. The number of carbonyl (C=O) groups is 2. The molecule has 1 saturated heterocycles. The summed E-state index contributed by atoms with van der Waals surface area (Å²) >= 11 is 0. The molecule has 5 nitrogen and oxygen atoms in total. The third-order valence-electron chi connectivity index (χ3n) is 6.29. The molecule has 26 heavy (non-hydrogen) atoms. The number of rotatable bonds is 7. The molecule has 1 aliphatic heterocycles. The fraction of sp³-hybridized carbons (Fsp3) is 0.619. The zero-order valence-corrected chi connectivity index (χ0v) is 15.3. The molecule has 0 aromatic heterocycles. The standard InChI is InChI=1S/C21H28N2O3/c24-20(22-9-8-17-12-15-6-7-16(17)11-15)14-26-19-4-1-3-18(13-19)23-10-2-5-21(23)25/h1,3-4,13,15-17H,2,5-12,14H2,(H,22,24). The number of fused-ring (bicyclic) bond motifs is 2. The molecule has 2 saturated carbocycles. The van der Waals surface area contributed by atoms with E-state index in [-0.39, 0.29) is 18.4 Å². The van der Waals surface area contributed by atoms with Gasteiger partial charge in [0.2, 0.25) is 5.91 Å². The second-order valence-electron chi connectivity index (χ2n) is 8.01. The third-order valence-corrected chi connectivity index (χ3v) is 6.29. The van der Waals surface area contributed by atoms with Gasteiger partial charge in [0.05, 0.1) is 0 Å². The van der Waals surface area contributed by atoms with Crippen LogP contribution in [0, 0.1) is 17.8 Å². The molecule has 3 fully saturated rings. The molecular formula is C21H28N2O3. The van der Waals surface area contributed by atoms with Crippen LogP contribution in [0.4, 0.5) is 5.69 Å². The van der Waals surface area contributed by atoms with Gasteiger partial charge in [0.15, 0.2) is 6.61 Å². The van der Waals surface area contributed by atoms with Crippen molar-refractivity contribution in [1.82, 2.24) is 5.32 Å². The number of benzene rings is 1. The first kappa shape index (κ1) is 17.4. The molecule has 5 heteroatoms. The lowest BCUT2D eigenvalue weighted by atomic mass is 9.86. The summed E-state index contributed by atoms with van der Waals surface area (Å²) in [6, 6.07) is 7.44. The topological polar surface area (TPSA) is 58.6 Å². The molecule has 2 bridgehead atoms. The summed E-state index contributed by atoms with van der Waals surface area (Å²) in [7, 11) is 0. The number of ether oxygens (including phenoxy) is 1. The minimum absolute atomic E-state index is 0.0219. The summed E-state index contributed by atoms with van der Waals surface area (Å²) in [6.45, 7) is 1.53. The number of amides is 2. The van der Waals surface area contributed by atoms with Crippen LogP contribution in [0.15, 0.2) is 24.3 Å². The number of hydrogen-bond acceptors (Lipinski definition) is 3. The van der Waals surface area contributed by atoms with E-state index < -0.39 is 0 Å². The first-order chi connectivity index (χ1) is 12.7. The van der Waals surface area contributed by atoms with Crippen LogP contribution in [0.2, 0.25) is 0 Å². The molecule has 0 radical (unpaired) electrons. The maximum absolute atomic E-state index is 12.0. The van der Waals surface area contributed by atoms with Crippen LogP contribution in [0.25, 0.3) is 0 Å². The molecule has 2 aliphatic carbocycles. The largest absolute Gasteiger partial charge is 0.484 e. The van der Waals surface area contributed by atoms with Crippen LogP contribution < -0.4 is 15.0 Å². The van der Waals surface area contributed by atoms with Gasteiger partial charge in [-0.25, -0.2) is 0 Å². The van der Waals surface area contributed by atoms with Gasteiger partial charge in [-0.2, -0.15) is 0 Å². The lowest BCUT2D eigenvalue weighted by Gasteiger charge is -2.21. The van der Waals surface area contributed by atoms with Crippen molar-refractivity contribution in [2.24, 2.45) is 17.8 Å². The second-order valence-corrected chi connectivity index (χ2v) is 8.01. The maximum Gasteiger partial charge on any atom is 0.257 e. The Bertz CT molecular complexity index is 675. The van der Waals surface area contributed by atoms with Crippen LogP contribution in [-0.4, -0.2) is 31.5 Å². The Kier molecular flexibility index (Phi) is 5.14. The minimum Gasteiger partial charge on any atom is -0.484 e. The lowest BCUT2D eigenvalue weighted by Crippen LogP contribution is -2.31. The fourth-order valence-corrected chi connectivity index (χ4v) is 4.99. The highest BCUT2D eigenvalue weighted by Crippen LogP contribution is 2.49. The van der Waals surface area contributed by atoms with Gasteiger partial charge in [-0.1, -0.05) is 12.5 Å². The molecular weight excluding hydrogens is 328 g/mol. The zero-order valence-electron chi connectivity index (χ0n) is 15.3. The third kappa shape index (κ3) is 3.87. The van der Waals surface area contributed by atoms with Crippen molar-refractivity contribution >= 4 is 17.5 Å². The van der Waals surface area contributed by atoms with Crippen molar-refractivity contribution in [3.8, 4) is 5.75 Å². The van der Waals surface area contributed by atoms with Crippen LogP contribution in [0.3, 0.4) is 0 Å². The first-order valence-corrected chi connectivity index (χ1v) is 9.99. The van der Waals surface area contributed by atoms with Crippen molar-refractivity contribution < 1.29 is 14.3 Å². The molecule has 140 valence electrons. The lowest BCUT2D eigenvalue weighted by molar-refractivity contribution is -0.123. The highest BCUT2D eigenvalue weighted by atomic mass is 16.5. The Balaban J connectivity index is 1.20. The summed E-state index contributed by atoms with van der Waals surface area (Å²) in [5.41, 5.74) is 0.849. The predicted octanol–water partition coefficient (Wildman–Crippen LogP) is 3.13. The van der Waals surface area contributed by atoms with Gasteiger partial charge in [0.25, 0.3) is 5.91 Å². The SMILES string of the molecule is O=C(COc1cccc(N2CCCC2=O)c1)NCCC1CC2CCC1C2. The van der Waals surface area contributed by atoms with Crippen LogP contribution in [-0.2, 0) is 9.59 Å². The van der Waals surface area contributed by atoms with E-state index in [4.69, 9.17) is 4.74 Å². The van der Waals surface area contributed by atoms with Gasteiger partial charge in [-0.3, -0.25) is 9.59 Å². The van der Waals surface area contributed by atoms with E-state index in [2.05, 4.69) is 5.32 Å². The van der Waals surface area contributed by atoms with E-state index in [0.717, 1.165) is 49.4 Å². The Morgan fingerprint density at radius 1 is 1.27 bits per heavy atom. The van der Waals surface area contributed by atoms with Crippen LogP contribution in [0.1, 0.15) is 44.9 Å². The van der Waals surface area contributed by atoms with Crippen LogP contribution in [0.5, 0.6) is 5.75 Å². The van der Waals surface area contributed by atoms with E-state index in [1.165, 1.54) is 25.7 Å². The Morgan fingerprint density at radius 3 is 2.92 bits per heavy atom. The second kappa shape index (κ2) is 7.68. The molecule has 3 atom stereocenters. The highest BCUT2D eigenvalue weighted by Gasteiger charge is 2.38. The van der Waals surface area contributed by atoms with E-state index in [1.807, 2.05) is 24.3 Å². The fourth-order valence-electron chi connectivity index (χ4n) is 4.99. The van der Waals surface area contributed by atoms with Crippen molar-refractivity contribution in [1.29, 1.82) is 0 Å². The smallest absolute Gasteiger partial charge is 0.257 e. The average molecular weight is 356 g/mol. The number of carbonyl (C=O) groups excluding carboxylic acids is 2. The number of nitrogens with zero attached hydrogens (tertiary/aromatic N) is 1. The summed E-state index contributed by atoms with van der Waals surface area (Å²) in [6.07, 6.45) is 8.19. The Labute approximate surface area is 155 Å². The maximum atomic E-state index is 12.0. The highest BCUT2D eigenvalue weighted by molar-refractivity contribution is 5.95. The average Bonchev–Trinajstić information content (AvgIpc) is 3.37. The summed E-state index contributed by atoms with van der Waals surface area (Å²) in [4.78, 5) is 25.7. The Hall–Kier alpha value is -2.04.